The molecule has 0 bridgehead atoms. The third kappa shape index (κ3) is 2.77. The third-order valence-electron chi connectivity index (χ3n) is 3.20. The van der Waals surface area contributed by atoms with Gasteiger partial charge in [0.25, 0.3) is 0 Å². The van der Waals surface area contributed by atoms with Crippen LogP contribution >= 0.6 is 34.8 Å². The number of para-hydroxylation sites is 1. The first-order valence-corrected chi connectivity index (χ1v) is 7.36. The molecule has 0 saturated carbocycles. The summed E-state index contributed by atoms with van der Waals surface area (Å²) in [5, 5.41) is 14.8. The van der Waals surface area contributed by atoms with Crippen molar-refractivity contribution in [1.82, 2.24) is 4.98 Å². The number of halogens is 3. The average molecular weight is 342 g/mol. The zero-order valence-electron chi connectivity index (χ0n) is 10.8. The number of anilines is 1. The molecule has 1 heterocycles. The first-order valence-electron chi connectivity index (χ1n) is 6.23. The fraction of sp³-hybridized carbons (Fsp3) is 0.0667. The molecule has 0 fully saturated rings. The maximum atomic E-state index is 9.54. The topological polar surface area (TPSA) is 48.0 Å². The Kier molecular flexibility index (Phi) is 3.89. The van der Waals surface area contributed by atoms with Gasteiger partial charge in [0.1, 0.15) is 0 Å². The number of aromatic amines is 1. The second-order valence-corrected chi connectivity index (χ2v) is 5.80. The van der Waals surface area contributed by atoms with Gasteiger partial charge < -0.3 is 15.4 Å². The summed E-state index contributed by atoms with van der Waals surface area (Å²) in [6.45, 7) is 0.491. The lowest BCUT2D eigenvalue weighted by atomic mass is 10.2. The molecule has 0 unspecified atom stereocenters. The Bertz CT molecular complexity index is 791. The monoisotopic (exact) mass is 340 g/mol. The molecule has 0 spiro atoms. The highest BCUT2D eigenvalue weighted by molar-refractivity contribution is 6.37. The summed E-state index contributed by atoms with van der Waals surface area (Å²) in [5.74, 6) is -0.118. The second kappa shape index (κ2) is 5.68. The Balaban J connectivity index is 1.85. The molecule has 6 heteroatoms. The molecule has 3 nitrogen and oxygen atoms in total. The summed E-state index contributed by atoms with van der Waals surface area (Å²) < 4.78 is 0. The van der Waals surface area contributed by atoms with E-state index in [2.05, 4.69) is 10.3 Å². The van der Waals surface area contributed by atoms with E-state index in [4.69, 9.17) is 34.8 Å². The Morgan fingerprint density at radius 1 is 1.05 bits per heavy atom. The Morgan fingerprint density at radius 3 is 2.38 bits per heavy atom. The number of hydrogen-bond acceptors (Lipinski definition) is 2. The highest BCUT2D eigenvalue weighted by Gasteiger charge is 2.10. The van der Waals surface area contributed by atoms with Crippen molar-refractivity contribution in [3.63, 3.8) is 0 Å². The van der Waals surface area contributed by atoms with Crippen molar-refractivity contribution < 1.29 is 5.11 Å². The molecule has 0 aliphatic carbocycles. The van der Waals surface area contributed by atoms with E-state index in [0.717, 1.165) is 16.6 Å². The smallest absolute Gasteiger partial charge is 0.152 e. The largest absolute Gasteiger partial charge is 0.505 e. The number of hydrogen-bond donors (Lipinski definition) is 3. The van der Waals surface area contributed by atoms with Gasteiger partial charge in [0.2, 0.25) is 0 Å². The summed E-state index contributed by atoms with van der Waals surface area (Å²) in [7, 11) is 0. The lowest BCUT2D eigenvalue weighted by molar-refractivity contribution is 0.476. The maximum absolute atomic E-state index is 9.54. The second-order valence-electron chi connectivity index (χ2n) is 4.61. The normalized spacial score (nSPS) is 11.0. The van der Waals surface area contributed by atoms with E-state index in [-0.39, 0.29) is 15.8 Å². The van der Waals surface area contributed by atoms with Crippen molar-refractivity contribution >= 4 is 51.4 Å². The molecule has 3 rings (SSSR count). The van der Waals surface area contributed by atoms with E-state index in [9.17, 15) is 5.11 Å². The number of aromatic nitrogens is 1. The van der Waals surface area contributed by atoms with Crippen LogP contribution in [0.5, 0.6) is 5.75 Å². The SMILES string of the molecule is Oc1c(Cl)cc(NCc2[nH]c3ccccc3c2Cl)cc1Cl. The van der Waals surface area contributed by atoms with Gasteiger partial charge in [-0.1, -0.05) is 53.0 Å². The first-order chi connectivity index (χ1) is 10.1. The zero-order chi connectivity index (χ0) is 15.0. The lowest BCUT2D eigenvalue weighted by Crippen LogP contribution is -2.00. The van der Waals surface area contributed by atoms with Crippen LogP contribution in [0.15, 0.2) is 36.4 Å². The molecule has 0 radical (unpaired) electrons. The molecular formula is C15H11Cl3N2O. The molecule has 1 aromatic heterocycles. The number of nitrogens with one attached hydrogen (secondary N) is 2. The molecule has 0 aliphatic heterocycles. The average Bonchev–Trinajstić information content (AvgIpc) is 2.79. The minimum absolute atomic E-state index is 0.118. The van der Waals surface area contributed by atoms with E-state index >= 15 is 0 Å². The van der Waals surface area contributed by atoms with Crippen molar-refractivity contribution in [2.24, 2.45) is 0 Å². The summed E-state index contributed by atoms with van der Waals surface area (Å²) in [6.07, 6.45) is 0. The van der Waals surface area contributed by atoms with Crippen LogP contribution in [-0.2, 0) is 6.54 Å². The predicted octanol–water partition coefficient (Wildman–Crippen LogP) is 5.45. The van der Waals surface area contributed by atoms with E-state index in [1.165, 1.54) is 0 Å². The van der Waals surface area contributed by atoms with Crippen molar-refractivity contribution in [2.75, 3.05) is 5.32 Å². The van der Waals surface area contributed by atoms with Gasteiger partial charge in [0.05, 0.1) is 27.3 Å². The van der Waals surface area contributed by atoms with E-state index in [1.807, 2.05) is 24.3 Å². The van der Waals surface area contributed by atoms with Gasteiger partial charge >= 0.3 is 0 Å². The quantitative estimate of drug-likeness (QED) is 0.555. The van der Waals surface area contributed by atoms with E-state index in [0.29, 0.717) is 17.3 Å². The molecule has 0 aliphatic rings. The molecular weight excluding hydrogens is 331 g/mol. The van der Waals surface area contributed by atoms with Crippen LogP contribution in [-0.4, -0.2) is 10.1 Å². The van der Waals surface area contributed by atoms with Crippen molar-refractivity contribution in [1.29, 1.82) is 0 Å². The van der Waals surface area contributed by atoms with Crippen molar-refractivity contribution in [2.45, 2.75) is 6.54 Å². The number of rotatable bonds is 3. The first kappa shape index (κ1) is 14.4. The number of aromatic hydroxyl groups is 1. The summed E-state index contributed by atoms with van der Waals surface area (Å²) in [4.78, 5) is 3.26. The fourth-order valence-corrected chi connectivity index (χ4v) is 2.91. The highest BCUT2D eigenvalue weighted by atomic mass is 35.5. The molecule has 0 atom stereocenters. The van der Waals surface area contributed by atoms with Crippen LogP contribution in [0.3, 0.4) is 0 Å². The number of fused-ring (bicyclic) bond motifs is 1. The van der Waals surface area contributed by atoms with Crippen LogP contribution < -0.4 is 5.32 Å². The van der Waals surface area contributed by atoms with Gasteiger partial charge in [-0.05, 0) is 18.2 Å². The van der Waals surface area contributed by atoms with Crippen molar-refractivity contribution in [3.8, 4) is 5.75 Å². The van der Waals surface area contributed by atoms with Gasteiger partial charge in [-0.2, -0.15) is 0 Å². The Morgan fingerprint density at radius 2 is 1.71 bits per heavy atom. The third-order valence-corrected chi connectivity index (χ3v) is 4.21. The van der Waals surface area contributed by atoms with Gasteiger partial charge in [-0.3, -0.25) is 0 Å². The standard InChI is InChI=1S/C15H11Cl3N2O/c16-10-5-8(6-11(17)15(10)21)19-7-13-14(18)9-3-1-2-4-12(9)20-13/h1-6,19-21H,7H2. The molecule has 3 aromatic rings. The van der Waals surface area contributed by atoms with Gasteiger partial charge in [0, 0.05) is 16.6 Å². The van der Waals surface area contributed by atoms with Crippen LogP contribution in [0.2, 0.25) is 15.1 Å². The summed E-state index contributed by atoms with van der Waals surface area (Å²) >= 11 is 18.1. The highest BCUT2D eigenvalue weighted by Crippen LogP contribution is 2.35. The number of H-pyrrole nitrogens is 1. The fourth-order valence-electron chi connectivity index (χ4n) is 2.14. The Labute approximate surface area is 136 Å². The van der Waals surface area contributed by atoms with E-state index < -0.39 is 0 Å². The zero-order valence-corrected chi connectivity index (χ0v) is 13.0. The Hall–Kier alpha value is -1.55. The number of phenols is 1. The number of phenolic OH excluding ortho intramolecular Hbond substituents is 1. The minimum atomic E-state index is -0.118. The molecule has 0 saturated heterocycles. The van der Waals surface area contributed by atoms with Crippen LogP contribution in [0.1, 0.15) is 5.69 Å². The van der Waals surface area contributed by atoms with Crippen LogP contribution in [0.4, 0.5) is 5.69 Å². The maximum Gasteiger partial charge on any atom is 0.152 e. The van der Waals surface area contributed by atoms with E-state index in [1.54, 1.807) is 12.1 Å². The van der Waals surface area contributed by atoms with Gasteiger partial charge in [-0.15, -0.1) is 0 Å². The predicted molar refractivity (Wildman–Crippen MR) is 88.8 cm³/mol. The summed E-state index contributed by atoms with van der Waals surface area (Å²) in [5.41, 5.74) is 2.57. The summed E-state index contributed by atoms with van der Waals surface area (Å²) in [6, 6.07) is 11.0. The van der Waals surface area contributed by atoms with Gasteiger partial charge in [0.15, 0.2) is 5.75 Å². The van der Waals surface area contributed by atoms with Crippen LogP contribution in [0, 0.1) is 0 Å². The molecule has 108 valence electrons. The van der Waals surface area contributed by atoms with Crippen molar-refractivity contribution in [3.05, 3.63) is 57.2 Å². The molecule has 3 N–H and O–H groups in total. The lowest BCUT2D eigenvalue weighted by Gasteiger charge is -2.08. The number of benzene rings is 2. The molecule has 21 heavy (non-hydrogen) atoms. The van der Waals surface area contributed by atoms with Crippen LogP contribution in [0.25, 0.3) is 10.9 Å². The molecule has 0 amide bonds. The minimum Gasteiger partial charge on any atom is -0.505 e. The van der Waals surface area contributed by atoms with Gasteiger partial charge in [-0.25, -0.2) is 0 Å². The molecule has 2 aromatic carbocycles.